The molecule has 0 amide bonds. The van der Waals surface area contributed by atoms with Crippen molar-refractivity contribution in [2.75, 3.05) is 7.11 Å². The van der Waals surface area contributed by atoms with E-state index in [-0.39, 0.29) is 0 Å². The fourth-order valence-corrected chi connectivity index (χ4v) is 1.23. The van der Waals surface area contributed by atoms with Crippen LogP contribution in [-0.2, 0) is 0 Å². The molecule has 0 atom stereocenters. The van der Waals surface area contributed by atoms with E-state index in [1.807, 2.05) is 0 Å². The maximum Gasteiger partial charge on any atom is 0.480 e. The lowest BCUT2D eigenvalue weighted by atomic mass is 9.91. The zero-order chi connectivity index (χ0) is 8.97. The second kappa shape index (κ2) is 4.25. The van der Waals surface area contributed by atoms with E-state index in [0.717, 1.165) is 0 Å². The summed E-state index contributed by atoms with van der Waals surface area (Å²) >= 11 is 1.35. The molecule has 0 saturated heterocycles. The topological polar surface area (TPSA) is 62.6 Å². The van der Waals surface area contributed by atoms with Crippen molar-refractivity contribution in [1.82, 2.24) is 4.98 Å². The summed E-state index contributed by atoms with van der Waals surface area (Å²) in [5.41, 5.74) is 0.657. The van der Waals surface area contributed by atoms with Gasteiger partial charge in [-0.1, -0.05) is 17.3 Å². The number of hydrogen-bond donors (Lipinski definition) is 2. The number of aromatic nitrogens is 1. The summed E-state index contributed by atoms with van der Waals surface area (Å²) in [5.74, 6) is 1.23. The van der Waals surface area contributed by atoms with Gasteiger partial charge in [0.05, 0.1) is 12.8 Å². The van der Waals surface area contributed by atoms with Crippen molar-refractivity contribution in [2.24, 2.45) is 0 Å². The predicted molar refractivity (Wildman–Crippen MR) is 47.9 cm³/mol. The minimum atomic E-state index is -1.43. The molecule has 0 spiro atoms. The lowest BCUT2D eigenvalue weighted by Crippen LogP contribution is -2.05. The summed E-state index contributed by atoms with van der Waals surface area (Å²) in [6.07, 6.45) is 1.52. The highest BCUT2D eigenvalue weighted by molar-refractivity contribution is 7.11. The molecule has 1 aromatic heterocycles. The van der Waals surface area contributed by atoms with Crippen LogP contribution in [0, 0.1) is 0 Å². The van der Waals surface area contributed by atoms with Crippen LogP contribution in [0.25, 0.3) is 6.08 Å². The van der Waals surface area contributed by atoms with E-state index in [2.05, 4.69) is 4.98 Å². The van der Waals surface area contributed by atoms with E-state index in [9.17, 15) is 0 Å². The van der Waals surface area contributed by atoms with Gasteiger partial charge in [-0.3, -0.25) is 0 Å². The Balaban J connectivity index is 2.63. The van der Waals surface area contributed by atoms with Gasteiger partial charge in [-0.2, -0.15) is 0 Å². The van der Waals surface area contributed by atoms with Gasteiger partial charge < -0.3 is 14.8 Å². The first-order valence-corrected chi connectivity index (χ1v) is 4.14. The molecular formula is C6H8BNO3S. The minimum absolute atomic E-state index is 0.557. The highest BCUT2D eigenvalue weighted by atomic mass is 32.1. The predicted octanol–water partition coefficient (Wildman–Crippen LogP) is 0.177. The number of hydrogen-bond acceptors (Lipinski definition) is 5. The van der Waals surface area contributed by atoms with Crippen molar-refractivity contribution in [3.05, 3.63) is 17.0 Å². The molecular weight excluding hydrogens is 177 g/mol. The highest BCUT2D eigenvalue weighted by Gasteiger charge is 2.01. The molecule has 64 valence electrons. The van der Waals surface area contributed by atoms with Gasteiger partial charge in [0.15, 0.2) is 0 Å². The SMILES string of the molecule is COc1nc(/C=C/B(O)O)cs1. The second-order valence-corrected chi connectivity index (χ2v) is 2.84. The summed E-state index contributed by atoms with van der Waals surface area (Å²) in [6, 6.07) is 0. The van der Waals surface area contributed by atoms with Crippen LogP contribution in [0.4, 0.5) is 0 Å². The Morgan fingerprint density at radius 3 is 2.92 bits per heavy atom. The Morgan fingerprint density at radius 1 is 1.67 bits per heavy atom. The summed E-state index contributed by atoms with van der Waals surface area (Å²) in [6.45, 7) is 0. The van der Waals surface area contributed by atoms with Gasteiger partial charge in [-0.05, 0) is 6.08 Å². The van der Waals surface area contributed by atoms with E-state index >= 15 is 0 Å². The first kappa shape index (κ1) is 9.24. The van der Waals surface area contributed by atoms with E-state index in [4.69, 9.17) is 14.8 Å². The quantitative estimate of drug-likeness (QED) is 0.659. The molecule has 1 heterocycles. The largest absolute Gasteiger partial charge is 0.480 e. The normalized spacial score (nSPS) is 10.6. The molecule has 12 heavy (non-hydrogen) atoms. The summed E-state index contributed by atoms with van der Waals surface area (Å²) in [4.78, 5) is 3.99. The summed E-state index contributed by atoms with van der Waals surface area (Å²) < 4.78 is 4.85. The molecule has 2 N–H and O–H groups in total. The average Bonchev–Trinajstić information content (AvgIpc) is 2.48. The third-order valence-corrected chi connectivity index (χ3v) is 1.93. The van der Waals surface area contributed by atoms with Crippen LogP contribution in [0.2, 0.25) is 0 Å². The van der Waals surface area contributed by atoms with Crippen LogP contribution in [-0.4, -0.2) is 29.3 Å². The van der Waals surface area contributed by atoms with E-state index in [1.165, 1.54) is 30.5 Å². The molecule has 1 rings (SSSR count). The highest BCUT2D eigenvalue weighted by Crippen LogP contribution is 2.17. The van der Waals surface area contributed by atoms with Crippen molar-refractivity contribution in [3.63, 3.8) is 0 Å². The Labute approximate surface area is 74.3 Å². The Bertz CT molecular complexity index is 274. The third-order valence-electron chi connectivity index (χ3n) is 1.11. The van der Waals surface area contributed by atoms with Gasteiger partial charge >= 0.3 is 7.12 Å². The molecule has 0 unspecified atom stereocenters. The number of ether oxygens (including phenoxy) is 1. The van der Waals surface area contributed by atoms with Crippen molar-refractivity contribution in [3.8, 4) is 5.19 Å². The molecule has 0 radical (unpaired) electrons. The monoisotopic (exact) mass is 185 g/mol. The lowest BCUT2D eigenvalue weighted by molar-refractivity contribution is 0.411. The molecule has 1 aromatic rings. The molecule has 0 aromatic carbocycles. The van der Waals surface area contributed by atoms with Gasteiger partial charge in [-0.15, -0.1) is 0 Å². The molecule has 0 fully saturated rings. The van der Waals surface area contributed by atoms with Crippen LogP contribution in [0.5, 0.6) is 5.19 Å². The Hall–Kier alpha value is -0.845. The first-order valence-electron chi connectivity index (χ1n) is 3.26. The molecule has 0 bridgehead atoms. The molecule has 6 heteroatoms. The fraction of sp³-hybridized carbons (Fsp3) is 0.167. The van der Waals surface area contributed by atoms with Crippen LogP contribution in [0.15, 0.2) is 11.4 Å². The summed E-state index contributed by atoms with van der Waals surface area (Å²) in [7, 11) is 0.102. The van der Waals surface area contributed by atoms with Gasteiger partial charge in [0.2, 0.25) is 0 Å². The van der Waals surface area contributed by atoms with Crippen LogP contribution >= 0.6 is 11.3 Å². The van der Waals surface area contributed by atoms with Crippen molar-refractivity contribution in [1.29, 1.82) is 0 Å². The van der Waals surface area contributed by atoms with Crippen molar-refractivity contribution >= 4 is 24.5 Å². The van der Waals surface area contributed by atoms with Crippen molar-refractivity contribution in [2.45, 2.75) is 0 Å². The summed E-state index contributed by atoms with van der Waals surface area (Å²) in [5, 5.41) is 19.3. The standard InChI is InChI=1S/C6H8BNO3S/c1-11-6-8-5(4-12-6)2-3-7(9)10/h2-4,9-10H,1H3/b3-2+. The maximum absolute atomic E-state index is 8.49. The molecule has 4 nitrogen and oxygen atoms in total. The smallest absolute Gasteiger partial charge is 0.473 e. The van der Waals surface area contributed by atoms with E-state index in [0.29, 0.717) is 10.9 Å². The number of nitrogens with zero attached hydrogens (tertiary/aromatic N) is 1. The fourth-order valence-electron chi connectivity index (χ4n) is 0.624. The second-order valence-electron chi connectivity index (χ2n) is 2.02. The first-order chi connectivity index (χ1) is 5.72. The van der Waals surface area contributed by atoms with Crippen LogP contribution in [0.3, 0.4) is 0 Å². The van der Waals surface area contributed by atoms with Gasteiger partial charge in [-0.25, -0.2) is 4.98 Å². The van der Waals surface area contributed by atoms with Gasteiger partial charge in [0, 0.05) is 5.38 Å². The van der Waals surface area contributed by atoms with Gasteiger partial charge in [0.1, 0.15) is 0 Å². The molecule has 0 aliphatic heterocycles. The van der Waals surface area contributed by atoms with Crippen LogP contribution < -0.4 is 4.74 Å². The average molecular weight is 185 g/mol. The third kappa shape index (κ3) is 2.65. The maximum atomic E-state index is 8.49. The van der Waals surface area contributed by atoms with Crippen molar-refractivity contribution < 1.29 is 14.8 Å². The zero-order valence-corrected chi connectivity index (χ0v) is 7.28. The van der Waals surface area contributed by atoms with Crippen LogP contribution in [0.1, 0.15) is 5.69 Å². The Morgan fingerprint density at radius 2 is 2.42 bits per heavy atom. The van der Waals surface area contributed by atoms with Gasteiger partial charge in [0.25, 0.3) is 5.19 Å². The Kier molecular flexibility index (Phi) is 3.27. The number of thiazole rings is 1. The molecule has 0 aliphatic carbocycles. The number of rotatable bonds is 3. The van der Waals surface area contributed by atoms with E-state index in [1.54, 1.807) is 5.38 Å². The molecule has 0 aliphatic rings. The lowest BCUT2D eigenvalue weighted by Gasteiger charge is -1.87. The number of methoxy groups -OCH3 is 1. The molecule has 0 saturated carbocycles. The van der Waals surface area contributed by atoms with E-state index < -0.39 is 7.12 Å². The zero-order valence-electron chi connectivity index (χ0n) is 6.47. The minimum Gasteiger partial charge on any atom is -0.473 e.